The zero-order chi connectivity index (χ0) is 15.4. The lowest BCUT2D eigenvalue weighted by Crippen LogP contribution is -2.25. The number of hydrogen-bond donors (Lipinski definition) is 2. The van der Waals surface area contributed by atoms with Gasteiger partial charge >= 0.3 is 0 Å². The summed E-state index contributed by atoms with van der Waals surface area (Å²) in [5.41, 5.74) is 8.54. The molecule has 0 spiro atoms. The summed E-state index contributed by atoms with van der Waals surface area (Å²) in [5.74, 6) is 0.483. The van der Waals surface area contributed by atoms with Crippen LogP contribution in [-0.2, 0) is 6.54 Å². The number of nitrogens with zero attached hydrogens (tertiary/aromatic N) is 2. The van der Waals surface area contributed by atoms with E-state index < -0.39 is 0 Å². The Balaban J connectivity index is 2.09. The number of nitrogen functional groups attached to an aromatic ring is 1. The normalized spacial score (nSPS) is 10.7. The van der Waals surface area contributed by atoms with Gasteiger partial charge in [-0.15, -0.1) is 0 Å². The lowest BCUT2D eigenvalue weighted by atomic mass is 10.1. The summed E-state index contributed by atoms with van der Waals surface area (Å²) in [6.07, 6.45) is 1.49. The Morgan fingerprint density at radius 2 is 1.95 bits per heavy atom. The number of rotatable bonds is 4. The van der Waals surface area contributed by atoms with E-state index in [4.69, 9.17) is 5.73 Å². The molecular formula is C16H20N4O. The Morgan fingerprint density at radius 3 is 2.57 bits per heavy atom. The van der Waals surface area contributed by atoms with Gasteiger partial charge in [-0.25, -0.2) is 9.97 Å². The summed E-state index contributed by atoms with van der Waals surface area (Å²) in [7, 11) is 0. The average molecular weight is 284 g/mol. The monoisotopic (exact) mass is 284 g/mol. The quantitative estimate of drug-likeness (QED) is 0.903. The van der Waals surface area contributed by atoms with E-state index in [2.05, 4.69) is 15.3 Å². The van der Waals surface area contributed by atoms with Gasteiger partial charge < -0.3 is 11.1 Å². The van der Waals surface area contributed by atoms with Gasteiger partial charge in [0.05, 0.1) is 11.9 Å². The standard InChI is InChI=1S/C16H20N4O/c1-10(2)15-18-9-13(17)14(20-15)16(21)19-8-12-6-4-11(3)5-7-12/h4-7,9-10H,8,17H2,1-3H3,(H,19,21). The van der Waals surface area contributed by atoms with Gasteiger partial charge in [0.25, 0.3) is 5.91 Å². The molecule has 5 nitrogen and oxygen atoms in total. The van der Waals surface area contributed by atoms with Crippen LogP contribution in [0.1, 0.15) is 47.2 Å². The topological polar surface area (TPSA) is 80.9 Å². The van der Waals surface area contributed by atoms with Gasteiger partial charge in [-0.2, -0.15) is 0 Å². The van der Waals surface area contributed by atoms with Crippen molar-refractivity contribution >= 4 is 11.6 Å². The SMILES string of the molecule is Cc1ccc(CNC(=O)c2nc(C(C)C)ncc2N)cc1. The lowest BCUT2D eigenvalue weighted by Gasteiger charge is -2.10. The van der Waals surface area contributed by atoms with Crippen LogP contribution >= 0.6 is 0 Å². The number of amides is 1. The van der Waals surface area contributed by atoms with Crippen molar-refractivity contribution in [1.82, 2.24) is 15.3 Å². The van der Waals surface area contributed by atoms with E-state index in [1.54, 1.807) is 0 Å². The second-order valence-electron chi connectivity index (χ2n) is 5.36. The van der Waals surface area contributed by atoms with Crippen molar-refractivity contribution in [2.24, 2.45) is 0 Å². The van der Waals surface area contributed by atoms with Gasteiger partial charge in [0.15, 0.2) is 5.69 Å². The molecule has 0 atom stereocenters. The molecule has 0 fully saturated rings. The summed E-state index contributed by atoms with van der Waals surface area (Å²) >= 11 is 0. The molecule has 0 radical (unpaired) electrons. The maximum atomic E-state index is 12.2. The molecule has 2 aromatic rings. The maximum absolute atomic E-state index is 12.2. The Hall–Kier alpha value is -2.43. The van der Waals surface area contributed by atoms with Crippen molar-refractivity contribution in [2.45, 2.75) is 33.2 Å². The zero-order valence-electron chi connectivity index (χ0n) is 12.6. The minimum absolute atomic E-state index is 0.147. The van der Waals surface area contributed by atoms with Gasteiger partial charge in [-0.05, 0) is 12.5 Å². The first kappa shape index (κ1) is 15.0. The number of benzene rings is 1. The smallest absolute Gasteiger partial charge is 0.272 e. The van der Waals surface area contributed by atoms with E-state index in [9.17, 15) is 4.79 Å². The maximum Gasteiger partial charge on any atom is 0.272 e. The Bertz CT molecular complexity index is 635. The van der Waals surface area contributed by atoms with Gasteiger partial charge in [0.1, 0.15) is 5.82 Å². The number of nitrogens with one attached hydrogen (secondary N) is 1. The molecule has 1 amide bonds. The van der Waals surface area contributed by atoms with E-state index in [-0.39, 0.29) is 17.5 Å². The molecule has 21 heavy (non-hydrogen) atoms. The highest BCUT2D eigenvalue weighted by Gasteiger charge is 2.14. The van der Waals surface area contributed by atoms with E-state index in [0.717, 1.165) is 5.56 Å². The fourth-order valence-electron chi connectivity index (χ4n) is 1.84. The van der Waals surface area contributed by atoms with Crippen LogP contribution in [0, 0.1) is 6.92 Å². The molecule has 0 saturated carbocycles. The first-order valence-corrected chi connectivity index (χ1v) is 6.93. The lowest BCUT2D eigenvalue weighted by molar-refractivity contribution is 0.0946. The van der Waals surface area contributed by atoms with Crippen molar-refractivity contribution in [1.29, 1.82) is 0 Å². The van der Waals surface area contributed by atoms with Gasteiger partial charge in [-0.3, -0.25) is 4.79 Å². The van der Waals surface area contributed by atoms with E-state index in [0.29, 0.717) is 18.1 Å². The Morgan fingerprint density at radius 1 is 1.29 bits per heavy atom. The van der Waals surface area contributed by atoms with Crippen LogP contribution in [-0.4, -0.2) is 15.9 Å². The van der Waals surface area contributed by atoms with Crippen molar-refractivity contribution in [3.63, 3.8) is 0 Å². The molecule has 110 valence electrons. The first-order chi connectivity index (χ1) is 9.97. The summed E-state index contributed by atoms with van der Waals surface area (Å²) < 4.78 is 0. The second-order valence-corrected chi connectivity index (χ2v) is 5.36. The minimum atomic E-state index is -0.280. The Kier molecular flexibility index (Phi) is 4.52. The van der Waals surface area contributed by atoms with Gasteiger partial charge in [0.2, 0.25) is 0 Å². The van der Waals surface area contributed by atoms with Crippen molar-refractivity contribution in [3.8, 4) is 0 Å². The van der Waals surface area contributed by atoms with Crippen LogP contribution in [0.4, 0.5) is 5.69 Å². The van der Waals surface area contributed by atoms with E-state index in [1.807, 2.05) is 45.0 Å². The predicted molar refractivity (Wildman–Crippen MR) is 82.9 cm³/mol. The molecule has 0 aliphatic carbocycles. The number of carbonyl (C=O) groups excluding carboxylic acids is 1. The van der Waals surface area contributed by atoms with Crippen LogP contribution in [0.5, 0.6) is 0 Å². The number of carbonyl (C=O) groups is 1. The molecule has 2 rings (SSSR count). The molecule has 0 aliphatic heterocycles. The van der Waals surface area contributed by atoms with Crippen molar-refractivity contribution < 1.29 is 4.79 Å². The highest BCUT2D eigenvalue weighted by molar-refractivity contribution is 5.96. The molecule has 1 aromatic carbocycles. The third-order valence-electron chi connectivity index (χ3n) is 3.14. The number of nitrogens with two attached hydrogens (primary N) is 1. The molecule has 0 unspecified atom stereocenters. The zero-order valence-corrected chi connectivity index (χ0v) is 12.6. The van der Waals surface area contributed by atoms with Crippen molar-refractivity contribution in [3.05, 3.63) is 53.1 Å². The van der Waals surface area contributed by atoms with Crippen LogP contribution in [0.25, 0.3) is 0 Å². The fourth-order valence-corrected chi connectivity index (χ4v) is 1.84. The number of aryl methyl sites for hydroxylation is 1. The average Bonchev–Trinajstić information content (AvgIpc) is 2.46. The van der Waals surface area contributed by atoms with Gasteiger partial charge in [-0.1, -0.05) is 43.7 Å². The molecule has 5 heteroatoms. The highest BCUT2D eigenvalue weighted by Crippen LogP contribution is 2.13. The van der Waals surface area contributed by atoms with Crippen LogP contribution in [0.15, 0.2) is 30.5 Å². The molecular weight excluding hydrogens is 264 g/mol. The third-order valence-corrected chi connectivity index (χ3v) is 3.14. The van der Waals surface area contributed by atoms with Crippen LogP contribution in [0.2, 0.25) is 0 Å². The molecule has 0 aliphatic rings. The molecule has 1 aromatic heterocycles. The molecule has 0 bridgehead atoms. The minimum Gasteiger partial charge on any atom is -0.396 e. The van der Waals surface area contributed by atoms with Crippen LogP contribution in [0.3, 0.4) is 0 Å². The largest absolute Gasteiger partial charge is 0.396 e. The second kappa shape index (κ2) is 6.35. The molecule has 1 heterocycles. The van der Waals surface area contributed by atoms with E-state index >= 15 is 0 Å². The summed E-state index contributed by atoms with van der Waals surface area (Å²) in [6, 6.07) is 7.99. The van der Waals surface area contributed by atoms with Crippen LogP contribution < -0.4 is 11.1 Å². The summed E-state index contributed by atoms with van der Waals surface area (Å²) in [4.78, 5) is 20.6. The Labute approximate surface area is 124 Å². The molecule has 3 N–H and O–H groups in total. The fraction of sp³-hybridized carbons (Fsp3) is 0.312. The first-order valence-electron chi connectivity index (χ1n) is 6.93. The van der Waals surface area contributed by atoms with Gasteiger partial charge in [0, 0.05) is 12.5 Å². The van der Waals surface area contributed by atoms with Crippen molar-refractivity contribution in [2.75, 3.05) is 5.73 Å². The number of hydrogen-bond acceptors (Lipinski definition) is 4. The number of aromatic nitrogens is 2. The number of anilines is 1. The summed E-state index contributed by atoms with van der Waals surface area (Å²) in [5, 5.41) is 2.83. The molecule has 0 saturated heterocycles. The third kappa shape index (κ3) is 3.78. The summed E-state index contributed by atoms with van der Waals surface area (Å²) in [6.45, 7) is 6.41. The highest BCUT2D eigenvalue weighted by atomic mass is 16.1. The predicted octanol–water partition coefficient (Wildman–Crippen LogP) is 2.42. The van der Waals surface area contributed by atoms with E-state index in [1.165, 1.54) is 11.8 Å².